The van der Waals surface area contributed by atoms with Crippen molar-refractivity contribution in [2.75, 3.05) is 0 Å². The van der Waals surface area contributed by atoms with Gasteiger partial charge in [0.25, 0.3) is 0 Å². The minimum atomic E-state index is -0.306. The van der Waals surface area contributed by atoms with Crippen LogP contribution in [0.1, 0.15) is 17.2 Å². The maximum absolute atomic E-state index is 13.3. The molecule has 0 fully saturated rings. The standard InChI is InChI=1S/C14H12BrCl2FN2/c15-10-7-9(2-4-13(10)18)14(20-19)6-8-1-3-11(16)12(17)5-8/h1-5,7,14,20H,6,19H2. The molecule has 0 aliphatic carbocycles. The van der Waals surface area contributed by atoms with Gasteiger partial charge in [-0.15, -0.1) is 0 Å². The Morgan fingerprint density at radius 2 is 1.90 bits per heavy atom. The molecule has 0 saturated heterocycles. The van der Waals surface area contributed by atoms with Crippen LogP contribution in [0.2, 0.25) is 10.0 Å². The predicted octanol–water partition coefficient (Wildman–Crippen LogP) is 4.64. The summed E-state index contributed by atoms with van der Waals surface area (Å²) in [5.41, 5.74) is 4.60. The predicted molar refractivity (Wildman–Crippen MR) is 84.3 cm³/mol. The second-order valence-corrected chi connectivity index (χ2v) is 6.01. The highest BCUT2D eigenvalue weighted by molar-refractivity contribution is 9.10. The lowest BCUT2D eigenvalue weighted by molar-refractivity contribution is 0.548. The van der Waals surface area contributed by atoms with E-state index in [1.807, 2.05) is 6.07 Å². The third-order valence-electron chi connectivity index (χ3n) is 2.97. The van der Waals surface area contributed by atoms with Gasteiger partial charge in [0, 0.05) is 0 Å². The normalized spacial score (nSPS) is 12.4. The number of hydrogen-bond donors (Lipinski definition) is 2. The number of hydrazine groups is 1. The summed E-state index contributed by atoms with van der Waals surface area (Å²) in [7, 11) is 0. The lowest BCUT2D eigenvalue weighted by Crippen LogP contribution is -2.29. The lowest BCUT2D eigenvalue weighted by Gasteiger charge is -2.17. The zero-order chi connectivity index (χ0) is 14.7. The summed E-state index contributed by atoms with van der Waals surface area (Å²) in [6, 6.07) is 10.1. The fraction of sp³-hybridized carbons (Fsp3) is 0.143. The average molecular weight is 378 g/mol. The van der Waals surface area contributed by atoms with Gasteiger partial charge in [-0.2, -0.15) is 0 Å². The van der Waals surface area contributed by atoms with Gasteiger partial charge in [-0.25, -0.2) is 4.39 Å². The van der Waals surface area contributed by atoms with Crippen LogP contribution in [0.3, 0.4) is 0 Å². The first-order chi connectivity index (χ1) is 9.51. The van der Waals surface area contributed by atoms with Crippen LogP contribution in [0.25, 0.3) is 0 Å². The van der Waals surface area contributed by atoms with Gasteiger partial charge in [-0.3, -0.25) is 11.3 Å². The molecule has 106 valence electrons. The van der Waals surface area contributed by atoms with Crippen molar-refractivity contribution in [3.63, 3.8) is 0 Å². The second-order valence-electron chi connectivity index (χ2n) is 4.35. The van der Waals surface area contributed by atoms with E-state index in [0.717, 1.165) is 11.1 Å². The molecule has 2 rings (SSSR count). The van der Waals surface area contributed by atoms with Crippen LogP contribution in [-0.2, 0) is 6.42 Å². The summed E-state index contributed by atoms with van der Waals surface area (Å²) in [6.45, 7) is 0. The monoisotopic (exact) mass is 376 g/mol. The molecule has 2 aromatic rings. The maximum atomic E-state index is 13.3. The minimum Gasteiger partial charge on any atom is -0.271 e. The molecule has 0 amide bonds. The molecule has 6 heteroatoms. The van der Waals surface area contributed by atoms with Crippen molar-refractivity contribution in [2.45, 2.75) is 12.5 Å². The highest BCUT2D eigenvalue weighted by atomic mass is 79.9. The van der Waals surface area contributed by atoms with Crippen LogP contribution in [0.4, 0.5) is 4.39 Å². The van der Waals surface area contributed by atoms with Gasteiger partial charge < -0.3 is 0 Å². The highest BCUT2D eigenvalue weighted by Gasteiger charge is 2.13. The Labute approximate surface area is 135 Å². The molecule has 0 heterocycles. The minimum absolute atomic E-state index is 0.149. The zero-order valence-electron chi connectivity index (χ0n) is 10.3. The lowest BCUT2D eigenvalue weighted by atomic mass is 9.99. The molecule has 0 spiro atoms. The molecule has 0 aliphatic rings. The molecular formula is C14H12BrCl2FN2. The number of rotatable bonds is 4. The zero-order valence-corrected chi connectivity index (χ0v) is 13.4. The van der Waals surface area contributed by atoms with E-state index in [2.05, 4.69) is 21.4 Å². The SMILES string of the molecule is NNC(Cc1ccc(Cl)c(Cl)c1)c1ccc(F)c(Br)c1. The Bertz CT molecular complexity index is 622. The van der Waals surface area contributed by atoms with Crippen LogP contribution in [-0.4, -0.2) is 0 Å². The topological polar surface area (TPSA) is 38.0 Å². The Kier molecular flexibility index (Phi) is 5.41. The van der Waals surface area contributed by atoms with Crippen molar-refractivity contribution >= 4 is 39.1 Å². The van der Waals surface area contributed by atoms with Crippen LogP contribution in [0, 0.1) is 5.82 Å². The van der Waals surface area contributed by atoms with Crippen molar-refractivity contribution in [3.8, 4) is 0 Å². The Balaban J connectivity index is 2.23. The van der Waals surface area contributed by atoms with E-state index in [9.17, 15) is 4.39 Å². The van der Waals surface area contributed by atoms with E-state index in [1.165, 1.54) is 6.07 Å². The number of nitrogens with one attached hydrogen (secondary N) is 1. The van der Waals surface area contributed by atoms with Crippen molar-refractivity contribution < 1.29 is 4.39 Å². The summed E-state index contributed by atoms with van der Waals surface area (Å²) in [6.07, 6.45) is 0.617. The average Bonchev–Trinajstić information content (AvgIpc) is 2.43. The van der Waals surface area contributed by atoms with Gasteiger partial charge in [0.2, 0.25) is 0 Å². The van der Waals surface area contributed by atoms with E-state index in [1.54, 1.807) is 24.3 Å². The molecule has 2 aromatic carbocycles. The van der Waals surface area contributed by atoms with Crippen molar-refractivity contribution in [1.82, 2.24) is 5.43 Å². The molecular weight excluding hydrogens is 366 g/mol. The first-order valence-electron chi connectivity index (χ1n) is 5.86. The Morgan fingerprint density at radius 3 is 2.50 bits per heavy atom. The van der Waals surface area contributed by atoms with Crippen molar-refractivity contribution in [1.29, 1.82) is 0 Å². The number of halogens is 4. The molecule has 1 atom stereocenters. The summed E-state index contributed by atoms with van der Waals surface area (Å²) < 4.78 is 13.7. The third-order valence-corrected chi connectivity index (χ3v) is 4.32. The van der Waals surface area contributed by atoms with Gasteiger partial charge in [0.05, 0.1) is 20.6 Å². The molecule has 1 unspecified atom stereocenters. The molecule has 3 N–H and O–H groups in total. The van der Waals surface area contributed by atoms with E-state index in [0.29, 0.717) is 20.9 Å². The molecule has 0 radical (unpaired) electrons. The van der Waals surface area contributed by atoms with Gasteiger partial charge in [0.15, 0.2) is 0 Å². The number of benzene rings is 2. The maximum Gasteiger partial charge on any atom is 0.137 e. The van der Waals surface area contributed by atoms with Crippen molar-refractivity contribution in [3.05, 3.63) is 67.9 Å². The van der Waals surface area contributed by atoms with E-state index < -0.39 is 0 Å². The summed E-state index contributed by atoms with van der Waals surface area (Å²) in [5.74, 6) is 5.28. The van der Waals surface area contributed by atoms with Gasteiger partial charge in [0.1, 0.15) is 5.82 Å². The van der Waals surface area contributed by atoms with E-state index in [-0.39, 0.29) is 11.9 Å². The summed E-state index contributed by atoms with van der Waals surface area (Å²) >= 11 is 15.0. The number of hydrogen-bond acceptors (Lipinski definition) is 2. The quantitative estimate of drug-likeness (QED) is 0.601. The largest absolute Gasteiger partial charge is 0.271 e. The van der Waals surface area contributed by atoms with Gasteiger partial charge in [-0.05, 0) is 57.7 Å². The van der Waals surface area contributed by atoms with Crippen LogP contribution < -0.4 is 11.3 Å². The van der Waals surface area contributed by atoms with E-state index in [4.69, 9.17) is 29.0 Å². The number of nitrogens with two attached hydrogens (primary N) is 1. The van der Waals surface area contributed by atoms with Crippen molar-refractivity contribution in [2.24, 2.45) is 5.84 Å². The van der Waals surface area contributed by atoms with Crippen LogP contribution >= 0.6 is 39.1 Å². The molecule has 20 heavy (non-hydrogen) atoms. The molecule has 0 saturated carbocycles. The molecule has 0 bridgehead atoms. The smallest absolute Gasteiger partial charge is 0.137 e. The first kappa shape index (κ1) is 15.7. The first-order valence-corrected chi connectivity index (χ1v) is 7.41. The van der Waals surface area contributed by atoms with Gasteiger partial charge in [-0.1, -0.05) is 35.3 Å². The molecule has 0 aromatic heterocycles. The summed E-state index contributed by atoms with van der Waals surface area (Å²) in [4.78, 5) is 0. The van der Waals surface area contributed by atoms with E-state index >= 15 is 0 Å². The second kappa shape index (κ2) is 6.87. The molecule has 0 aliphatic heterocycles. The van der Waals surface area contributed by atoms with Crippen LogP contribution in [0.5, 0.6) is 0 Å². The Morgan fingerprint density at radius 1 is 1.15 bits per heavy atom. The van der Waals surface area contributed by atoms with Gasteiger partial charge >= 0.3 is 0 Å². The van der Waals surface area contributed by atoms with Crippen LogP contribution in [0.15, 0.2) is 40.9 Å². The summed E-state index contributed by atoms with van der Waals surface area (Å²) in [5, 5.41) is 1.01. The fourth-order valence-electron chi connectivity index (χ4n) is 1.90. The Hall–Kier alpha value is -0.650. The third kappa shape index (κ3) is 3.71. The highest BCUT2D eigenvalue weighted by Crippen LogP contribution is 2.27. The molecule has 2 nitrogen and oxygen atoms in total. The fourth-order valence-corrected chi connectivity index (χ4v) is 2.62.